The lowest BCUT2D eigenvalue weighted by molar-refractivity contribution is -0.384. The summed E-state index contributed by atoms with van der Waals surface area (Å²) in [4.78, 5) is 23.8. The maximum Gasteiger partial charge on any atom is 0.303 e. The predicted molar refractivity (Wildman–Crippen MR) is 114 cm³/mol. The molecule has 0 fully saturated rings. The molecule has 1 atom stereocenters. The molecule has 0 saturated heterocycles. The molecule has 0 amide bonds. The summed E-state index contributed by atoms with van der Waals surface area (Å²) in [6, 6.07) is 12.8. The van der Waals surface area contributed by atoms with Crippen molar-refractivity contribution in [2.24, 2.45) is 0 Å². The number of non-ortho nitro benzene ring substituents is 1. The van der Waals surface area contributed by atoms with Crippen molar-refractivity contribution >= 4 is 23.4 Å². The summed E-state index contributed by atoms with van der Waals surface area (Å²) in [6.45, 7) is 4.90. The summed E-state index contributed by atoms with van der Waals surface area (Å²) in [5, 5.41) is 20.1. The molecule has 7 heteroatoms. The number of para-hydroxylation sites is 1. The standard InChI is InChI=1S/C23H24N2O5/c1-22(2)18-7-3-4-8-19(18)24(14-6-5-9-21(26)27)23(22)13-12-16-15-17(25(28)29)10-11-20(16)30-23/h3-4,7-8,10-13,15H,5-6,9,14H2,1-2H3,(H,26,27). The van der Waals surface area contributed by atoms with Gasteiger partial charge in [0, 0.05) is 36.3 Å². The fourth-order valence-corrected chi connectivity index (χ4v) is 4.54. The third kappa shape index (κ3) is 3.01. The van der Waals surface area contributed by atoms with Crippen LogP contribution in [-0.4, -0.2) is 28.3 Å². The van der Waals surface area contributed by atoms with Gasteiger partial charge in [-0.2, -0.15) is 0 Å². The number of unbranched alkanes of at least 4 members (excludes halogenated alkanes) is 1. The number of carboxylic acid groups (broad SMARTS) is 1. The van der Waals surface area contributed by atoms with Gasteiger partial charge in [0.2, 0.25) is 5.72 Å². The van der Waals surface area contributed by atoms with E-state index in [0.717, 1.165) is 11.3 Å². The van der Waals surface area contributed by atoms with Crippen LogP contribution in [0.5, 0.6) is 5.75 Å². The van der Waals surface area contributed by atoms with E-state index in [1.165, 1.54) is 12.1 Å². The SMILES string of the molecule is CC1(C)c2ccccc2N(CCCCC(=O)O)C12C=Cc1cc([N+](=O)[O-])ccc1O2. The third-order valence-electron chi connectivity index (χ3n) is 6.15. The van der Waals surface area contributed by atoms with E-state index in [1.54, 1.807) is 6.07 Å². The molecule has 2 aliphatic heterocycles. The number of rotatable bonds is 6. The maximum atomic E-state index is 11.1. The molecule has 30 heavy (non-hydrogen) atoms. The topological polar surface area (TPSA) is 92.9 Å². The van der Waals surface area contributed by atoms with Crippen molar-refractivity contribution in [1.82, 2.24) is 0 Å². The summed E-state index contributed by atoms with van der Waals surface area (Å²) < 4.78 is 6.60. The number of carbonyl (C=O) groups is 1. The van der Waals surface area contributed by atoms with Crippen molar-refractivity contribution in [3.8, 4) is 5.75 Å². The summed E-state index contributed by atoms with van der Waals surface area (Å²) in [6.07, 6.45) is 5.30. The monoisotopic (exact) mass is 408 g/mol. The molecule has 2 aliphatic rings. The van der Waals surface area contributed by atoms with E-state index in [9.17, 15) is 14.9 Å². The number of benzene rings is 2. The predicted octanol–water partition coefficient (Wildman–Crippen LogP) is 4.75. The summed E-state index contributed by atoms with van der Waals surface area (Å²) in [7, 11) is 0. The van der Waals surface area contributed by atoms with Gasteiger partial charge in [0.1, 0.15) is 5.75 Å². The zero-order valence-corrected chi connectivity index (χ0v) is 17.0. The van der Waals surface area contributed by atoms with E-state index >= 15 is 0 Å². The molecule has 0 aromatic heterocycles. The molecule has 4 rings (SSSR count). The molecule has 1 spiro atoms. The van der Waals surface area contributed by atoms with Crippen molar-refractivity contribution in [2.75, 3.05) is 11.4 Å². The van der Waals surface area contributed by atoms with Crippen LogP contribution in [0.25, 0.3) is 6.08 Å². The zero-order chi connectivity index (χ0) is 21.5. The van der Waals surface area contributed by atoms with Gasteiger partial charge in [-0.05, 0) is 56.5 Å². The number of nitrogens with zero attached hydrogens (tertiary/aromatic N) is 2. The lowest BCUT2D eigenvalue weighted by Gasteiger charge is -2.47. The van der Waals surface area contributed by atoms with Gasteiger partial charge < -0.3 is 14.7 Å². The van der Waals surface area contributed by atoms with Crippen LogP contribution in [0, 0.1) is 10.1 Å². The van der Waals surface area contributed by atoms with Crippen LogP contribution in [0.2, 0.25) is 0 Å². The fourth-order valence-electron chi connectivity index (χ4n) is 4.54. The molecule has 1 N–H and O–H groups in total. The number of hydrogen-bond acceptors (Lipinski definition) is 5. The second-order valence-electron chi connectivity index (χ2n) is 8.26. The molecule has 7 nitrogen and oxygen atoms in total. The zero-order valence-electron chi connectivity index (χ0n) is 17.0. The number of aliphatic carboxylic acids is 1. The van der Waals surface area contributed by atoms with Gasteiger partial charge in [0.25, 0.3) is 5.69 Å². The van der Waals surface area contributed by atoms with Crippen LogP contribution in [0.15, 0.2) is 48.5 Å². The first-order valence-electron chi connectivity index (χ1n) is 10.0. The Morgan fingerprint density at radius 2 is 1.97 bits per heavy atom. The van der Waals surface area contributed by atoms with E-state index < -0.39 is 22.0 Å². The molecule has 0 saturated carbocycles. The van der Waals surface area contributed by atoms with Gasteiger partial charge in [0.15, 0.2) is 0 Å². The molecular weight excluding hydrogens is 384 g/mol. The summed E-state index contributed by atoms with van der Waals surface area (Å²) >= 11 is 0. The minimum absolute atomic E-state index is 0.0254. The molecule has 0 radical (unpaired) electrons. The van der Waals surface area contributed by atoms with Crippen molar-refractivity contribution < 1.29 is 19.6 Å². The number of anilines is 1. The Bertz CT molecular complexity index is 1050. The Morgan fingerprint density at radius 3 is 2.70 bits per heavy atom. The molecule has 0 bridgehead atoms. The summed E-state index contributed by atoms with van der Waals surface area (Å²) in [5.41, 5.74) is 1.71. The number of fused-ring (bicyclic) bond motifs is 2. The normalized spacial score (nSPS) is 20.5. The highest BCUT2D eigenvalue weighted by Crippen LogP contribution is 2.55. The highest BCUT2D eigenvalue weighted by atomic mass is 16.6. The quantitative estimate of drug-likeness (QED) is 0.421. The van der Waals surface area contributed by atoms with E-state index in [4.69, 9.17) is 9.84 Å². The van der Waals surface area contributed by atoms with E-state index in [1.807, 2.05) is 24.3 Å². The number of ether oxygens (including phenoxy) is 1. The molecule has 156 valence electrons. The van der Waals surface area contributed by atoms with Crippen LogP contribution < -0.4 is 9.64 Å². The number of nitro groups is 1. The highest BCUT2D eigenvalue weighted by molar-refractivity contribution is 5.73. The van der Waals surface area contributed by atoms with Crippen molar-refractivity contribution in [3.63, 3.8) is 0 Å². The number of hydrogen-bond donors (Lipinski definition) is 1. The van der Waals surface area contributed by atoms with Crippen LogP contribution >= 0.6 is 0 Å². The van der Waals surface area contributed by atoms with Crippen LogP contribution in [-0.2, 0) is 10.2 Å². The van der Waals surface area contributed by atoms with Gasteiger partial charge in [-0.25, -0.2) is 0 Å². The minimum Gasteiger partial charge on any atom is -0.481 e. The first-order valence-corrected chi connectivity index (χ1v) is 10.0. The molecule has 0 aliphatic carbocycles. The van der Waals surface area contributed by atoms with Gasteiger partial charge >= 0.3 is 5.97 Å². The summed E-state index contributed by atoms with van der Waals surface area (Å²) in [5.74, 6) is -0.198. The second kappa shape index (κ2) is 7.16. The second-order valence-corrected chi connectivity index (χ2v) is 8.26. The van der Waals surface area contributed by atoms with E-state index in [0.29, 0.717) is 30.7 Å². The van der Waals surface area contributed by atoms with Crippen LogP contribution in [0.4, 0.5) is 11.4 Å². The van der Waals surface area contributed by atoms with Crippen LogP contribution in [0.1, 0.15) is 44.2 Å². The van der Waals surface area contributed by atoms with E-state index in [-0.39, 0.29) is 12.1 Å². The van der Waals surface area contributed by atoms with Gasteiger partial charge in [0.05, 0.1) is 10.3 Å². The lowest BCUT2D eigenvalue weighted by Crippen LogP contribution is -2.59. The van der Waals surface area contributed by atoms with Crippen molar-refractivity contribution in [2.45, 2.75) is 44.2 Å². The number of carboxylic acids is 1. The molecular formula is C23H24N2O5. The smallest absolute Gasteiger partial charge is 0.303 e. The largest absolute Gasteiger partial charge is 0.481 e. The Hall–Kier alpha value is -3.35. The van der Waals surface area contributed by atoms with Crippen LogP contribution in [0.3, 0.4) is 0 Å². The van der Waals surface area contributed by atoms with Crippen molar-refractivity contribution in [1.29, 1.82) is 0 Å². The van der Waals surface area contributed by atoms with Gasteiger partial charge in [-0.15, -0.1) is 0 Å². The average molecular weight is 408 g/mol. The molecule has 2 heterocycles. The average Bonchev–Trinajstić information content (AvgIpc) is 2.89. The Kier molecular flexibility index (Phi) is 4.76. The first-order chi connectivity index (χ1) is 14.3. The minimum atomic E-state index is -0.803. The Balaban J connectivity index is 1.73. The lowest BCUT2D eigenvalue weighted by atomic mass is 9.76. The van der Waals surface area contributed by atoms with Gasteiger partial charge in [-0.1, -0.05) is 18.2 Å². The van der Waals surface area contributed by atoms with E-state index in [2.05, 4.69) is 30.9 Å². The molecule has 1 unspecified atom stereocenters. The highest BCUT2D eigenvalue weighted by Gasteiger charge is 2.58. The molecule has 2 aromatic rings. The number of nitro benzene ring substituents is 1. The fraction of sp³-hybridized carbons (Fsp3) is 0.348. The molecule has 2 aromatic carbocycles. The maximum absolute atomic E-state index is 11.1. The Labute approximate surface area is 174 Å². The van der Waals surface area contributed by atoms with Crippen molar-refractivity contribution in [3.05, 3.63) is 69.8 Å². The first kappa shape index (κ1) is 19.9. The third-order valence-corrected chi connectivity index (χ3v) is 6.15. The Morgan fingerprint density at radius 1 is 1.20 bits per heavy atom. The van der Waals surface area contributed by atoms with Gasteiger partial charge in [-0.3, -0.25) is 14.9 Å².